The molecule has 0 heterocycles. The van der Waals surface area contributed by atoms with Crippen molar-refractivity contribution in [2.24, 2.45) is 5.41 Å². The second-order valence-corrected chi connectivity index (χ2v) is 6.24. The van der Waals surface area contributed by atoms with Gasteiger partial charge in [0.15, 0.2) is 0 Å². The minimum atomic E-state index is -0.0808. The molecular weight excluding hydrogens is 282 g/mol. The van der Waals surface area contributed by atoms with Crippen LogP contribution < -0.4 is 0 Å². The standard InChI is InChI=1S/C13H18BrNO2/c1-13(2,3)8-15(4)12(17)9-5-6-10(14)11(16)7-9/h5-7,16H,8H2,1-4H3. The number of benzene rings is 1. The molecule has 3 nitrogen and oxygen atoms in total. The first-order chi connectivity index (χ1) is 7.70. The van der Waals surface area contributed by atoms with E-state index in [-0.39, 0.29) is 17.1 Å². The van der Waals surface area contributed by atoms with Gasteiger partial charge in [-0.3, -0.25) is 4.79 Å². The minimum Gasteiger partial charge on any atom is -0.507 e. The molecule has 0 unspecified atom stereocenters. The molecule has 1 amide bonds. The lowest BCUT2D eigenvalue weighted by Crippen LogP contribution is -2.34. The van der Waals surface area contributed by atoms with Gasteiger partial charge in [0.25, 0.3) is 5.91 Å². The molecule has 0 bridgehead atoms. The van der Waals surface area contributed by atoms with Crippen LogP contribution in [0.5, 0.6) is 5.75 Å². The van der Waals surface area contributed by atoms with Crippen molar-refractivity contribution < 1.29 is 9.90 Å². The van der Waals surface area contributed by atoms with Gasteiger partial charge in [-0.05, 0) is 39.5 Å². The van der Waals surface area contributed by atoms with Gasteiger partial charge >= 0.3 is 0 Å². The normalized spacial score (nSPS) is 11.4. The monoisotopic (exact) mass is 299 g/mol. The number of hydrogen-bond donors (Lipinski definition) is 1. The van der Waals surface area contributed by atoms with Crippen molar-refractivity contribution in [2.45, 2.75) is 20.8 Å². The molecule has 1 aromatic carbocycles. The smallest absolute Gasteiger partial charge is 0.253 e. The summed E-state index contributed by atoms with van der Waals surface area (Å²) in [5.74, 6) is 0.00253. The molecule has 0 fully saturated rings. The van der Waals surface area contributed by atoms with Gasteiger partial charge in [-0.15, -0.1) is 0 Å². The molecule has 0 spiro atoms. The van der Waals surface area contributed by atoms with E-state index >= 15 is 0 Å². The van der Waals surface area contributed by atoms with Crippen molar-refractivity contribution in [3.05, 3.63) is 28.2 Å². The second-order valence-electron chi connectivity index (χ2n) is 5.39. The van der Waals surface area contributed by atoms with Gasteiger partial charge in [-0.1, -0.05) is 20.8 Å². The van der Waals surface area contributed by atoms with Crippen molar-refractivity contribution >= 4 is 21.8 Å². The zero-order valence-electron chi connectivity index (χ0n) is 10.6. The summed E-state index contributed by atoms with van der Waals surface area (Å²) < 4.78 is 0.590. The number of halogens is 1. The average molecular weight is 300 g/mol. The van der Waals surface area contributed by atoms with Crippen molar-refractivity contribution in [3.63, 3.8) is 0 Å². The second kappa shape index (κ2) is 5.08. The first-order valence-corrected chi connectivity index (χ1v) is 6.24. The van der Waals surface area contributed by atoms with E-state index < -0.39 is 0 Å². The Morgan fingerprint density at radius 3 is 2.47 bits per heavy atom. The number of nitrogens with zero attached hydrogens (tertiary/aromatic N) is 1. The summed E-state index contributed by atoms with van der Waals surface area (Å²) in [6, 6.07) is 4.85. The van der Waals surface area contributed by atoms with E-state index in [0.29, 0.717) is 16.6 Å². The number of amides is 1. The summed E-state index contributed by atoms with van der Waals surface area (Å²) in [4.78, 5) is 13.8. The average Bonchev–Trinajstić information content (AvgIpc) is 2.18. The molecule has 0 aliphatic rings. The lowest BCUT2D eigenvalue weighted by Gasteiger charge is -2.26. The fourth-order valence-electron chi connectivity index (χ4n) is 1.65. The number of hydrogen-bond acceptors (Lipinski definition) is 2. The van der Waals surface area contributed by atoms with Crippen LogP contribution in [0.2, 0.25) is 0 Å². The fraction of sp³-hybridized carbons (Fsp3) is 0.462. The van der Waals surface area contributed by atoms with Crippen molar-refractivity contribution in [2.75, 3.05) is 13.6 Å². The van der Waals surface area contributed by atoms with E-state index in [0.717, 1.165) is 0 Å². The molecule has 0 aliphatic heterocycles. The Morgan fingerprint density at radius 1 is 1.41 bits per heavy atom. The Bertz CT molecular complexity index is 424. The molecule has 94 valence electrons. The highest BCUT2D eigenvalue weighted by Crippen LogP contribution is 2.25. The quantitative estimate of drug-likeness (QED) is 0.910. The van der Waals surface area contributed by atoms with Crippen LogP contribution in [0.3, 0.4) is 0 Å². The predicted octanol–water partition coefficient (Wildman–Crippen LogP) is 3.27. The number of phenolic OH excluding ortho intramolecular Hbond substituents is 1. The number of aromatic hydroxyl groups is 1. The Morgan fingerprint density at radius 2 is 2.00 bits per heavy atom. The summed E-state index contributed by atoms with van der Waals surface area (Å²) in [6.45, 7) is 6.91. The largest absolute Gasteiger partial charge is 0.507 e. The van der Waals surface area contributed by atoms with Crippen molar-refractivity contribution in [1.82, 2.24) is 4.90 Å². The van der Waals surface area contributed by atoms with Crippen LogP contribution in [0.4, 0.5) is 0 Å². The molecule has 1 rings (SSSR count). The topological polar surface area (TPSA) is 40.5 Å². The van der Waals surface area contributed by atoms with E-state index in [9.17, 15) is 9.90 Å². The maximum Gasteiger partial charge on any atom is 0.253 e. The molecule has 0 radical (unpaired) electrons. The third-order valence-electron chi connectivity index (χ3n) is 2.25. The fourth-order valence-corrected chi connectivity index (χ4v) is 1.90. The molecule has 0 aliphatic carbocycles. The highest BCUT2D eigenvalue weighted by atomic mass is 79.9. The lowest BCUT2D eigenvalue weighted by molar-refractivity contribution is 0.0745. The number of carbonyl (C=O) groups is 1. The SMILES string of the molecule is CN(CC(C)(C)C)C(=O)c1ccc(Br)c(O)c1. The highest BCUT2D eigenvalue weighted by Gasteiger charge is 2.19. The maximum absolute atomic E-state index is 12.1. The number of rotatable bonds is 2. The highest BCUT2D eigenvalue weighted by molar-refractivity contribution is 9.10. The predicted molar refractivity (Wildman–Crippen MR) is 72.2 cm³/mol. The third-order valence-corrected chi connectivity index (χ3v) is 2.92. The van der Waals surface area contributed by atoms with Gasteiger partial charge in [0.1, 0.15) is 5.75 Å². The molecule has 1 aromatic rings. The molecular formula is C13H18BrNO2. The Hall–Kier alpha value is -1.03. The Labute approximate surface area is 111 Å². The molecule has 0 aromatic heterocycles. The van der Waals surface area contributed by atoms with Crippen molar-refractivity contribution in [3.8, 4) is 5.75 Å². The van der Waals surface area contributed by atoms with Crippen LogP contribution >= 0.6 is 15.9 Å². The van der Waals surface area contributed by atoms with E-state index in [1.807, 2.05) is 0 Å². The summed E-state index contributed by atoms with van der Waals surface area (Å²) in [6.07, 6.45) is 0. The van der Waals surface area contributed by atoms with Crippen LogP contribution in [0, 0.1) is 5.41 Å². The van der Waals surface area contributed by atoms with Gasteiger partial charge in [0.2, 0.25) is 0 Å². The van der Waals surface area contributed by atoms with E-state index in [1.165, 1.54) is 6.07 Å². The molecule has 17 heavy (non-hydrogen) atoms. The number of carbonyl (C=O) groups excluding carboxylic acids is 1. The van der Waals surface area contributed by atoms with Gasteiger partial charge in [-0.2, -0.15) is 0 Å². The third kappa shape index (κ3) is 4.04. The van der Waals surface area contributed by atoms with E-state index in [1.54, 1.807) is 24.1 Å². The molecule has 0 saturated carbocycles. The van der Waals surface area contributed by atoms with E-state index in [2.05, 4.69) is 36.7 Å². The van der Waals surface area contributed by atoms with Gasteiger partial charge in [0, 0.05) is 19.2 Å². The van der Waals surface area contributed by atoms with Crippen LogP contribution in [0.25, 0.3) is 0 Å². The molecule has 0 atom stereocenters. The Balaban J connectivity index is 2.85. The van der Waals surface area contributed by atoms with Crippen LogP contribution in [0.1, 0.15) is 31.1 Å². The van der Waals surface area contributed by atoms with Crippen LogP contribution in [-0.4, -0.2) is 29.5 Å². The summed E-state index contributed by atoms with van der Waals surface area (Å²) >= 11 is 3.19. The zero-order valence-corrected chi connectivity index (χ0v) is 12.2. The van der Waals surface area contributed by atoms with E-state index in [4.69, 9.17) is 0 Å². The van der Waals surface area contributed by atoms with Crippen LogP contribution in [0.15, 0.2) is 22.7 Å². The van der Waals surface area contributed by atoms with Gasteiger partial charge < -0.3 is 10.0 Å². The lowest BCUT2D eigenvalue weighted by atomic mass is 9.96. The maximum atomic E-state index is 12.1. The molecule has 0 saturated heterocycles. The first kappa shape index (κ1) is 14.0. The van der Waals surface area contributed by atoms with Crippen molar-refractivity contribution in [1.29, 1.82) is 0 Å². The summed E-state index contributed by atoms with van der Waals surface area (Å²) in [5, 5.41) is 9.55. The Kier molecular flexibility index (Phi) is 4.20. The summed E-state index contributed by atoms with van der Waals surface area (Å²) in [7, 11) is 1.77. The minimum absolute atomic E-state index is 0.0574. The van der Waals surface area contributed by atoms with Gasteiger partial charge in [0.05, 0.1) is 4.47 Å². The first-order valence-electron chi connectivity index (χ1n) is 5.45. The molecule has 1 N–H and O–H groups in total. The van der Waals surface area contributed by atoms with Crippen LogP contribution in [-0.2, 0) is 0 Å². The zero-order chi connectivity index (χ0) is 13.2. The molecule has 4 heteroatoms. The summed E-state index contributed by atoms with van der Waals surface area (Å²) in [5.41, 5.74) is 0.555. The number of phenols is 1. The van der Waals surface area contributed by atoms with Gasteiger partial charge in [-0.25, -0.2) is 0 Å².